The Morgan fingerprint density at radius 2 is 2.20 bits per heavy atom. The Kier molecular flexibility index (Phi) is 4.17. The second-order valence-electron chi connectivity index (χ2n) is 6.56. The van der Waals surface area contributed by atoms with Crippen molar-refractivity contribution in [2.45, 2.75) is 31.7 Å². The quantitative estimate of drug-likeness (QED) is 0.757. The van der Waals surface area contributed by atoms with Crippen molar-refractivity contribution >= 4 is 22.8 Å². The summed E-state index contributed by atoms with van der Waals surface area (Å²) in [5.74, 6) is 0.860. The fraction of sp³-hybridized carbons (Fsp3) is 0.368. The number of aryl methyl sites for hydroxylation is 1. The number of amides is 2. The van der Waals surface area contributed by atoms with E-state index in [-0.39, 0.29) is 12.1 Å². The van der Waals surface area contributed by atoms with Crippen molar-refractivity contribution in [3.8, 4) is 0 Å². The highest BCUT2D eigenvalue weighted by Crippen LogP contribution is 2.31. The molecule has 1 N–H and O–H groups in total. The highest BCUT2D eigenvalue weighted by Gasteiger charge is 2.28. The molecule has 1 saturated heterocycles. The van der Waals surface area contributed by atoms with Gasteiger partial charge >= 0.3 is 6.03 Å². The Morgan fingerprint density at radius 3 is 3.04 bits per heavy atom. The zero-order valence-corrected chi connectivity index (χ0v) is 14.3. The molecule has 0 saturated carbocycles. The van der Waals surface area contributed by atoms with Crippen molar-refractivity contribution in [1.82, 2.24) is 14.5 Å². The van der Waals surface area contributed by atoms with Gasteiger partial charge in [0, 0.05) is 19.3 Å². The van der Waals surface area contributed by atoms with Gasteiger partial charge in [-0.1, -0.05) is 12.8 Å². The van der Waals surface area contributed by atoms with Gasteiger partial charge in [-0.05, 0) is 43.2 Å². The van der Waals surface area contributed by atoms with Crippen LogP contribution in [-0.4, -0.2) is 27.0 Å². The molecule has 1 atom stereocenters. The third kappa shape index (κ3) is 3.12. The van der Waals surface area contributed by atoms with Crippen LogP contribution in [0.25, 0.3) is 11.0 Å². The number of furan rings is 1. The smallest absolute Gasteiger partial charge is 0.322 e. The summed E-state index contributed by atoms with van der Waals surface area (Å²) < 4.78 is 7.54. The predicted octanol–water partition coefficient (Wildman–Crippen LogP) is 4.32. The zero-order valence-electron chi connectivity index (χ0n) is 14.3. The van der Waals surface area contributed by atoms with E-state index in [0.717, 1.165) is 54.7 Å². The van der Waals surface area contributed by atoms with E-state index in [0.29, 0.717) is 0 Å². The number of fused-ring (bicyclic) bond motifs is 1. The Morgan fingerprint density at radius 1 is 1.28 bits per heavy atom. The third-order valence-electron chi connectivity index (χ3n) is 4.86. The number of benzene rings is 1. The first kappa shape index (κ1) is 15.7. The largest absolute Gasteiger partial charge is 0.467 e. The summed E-state index contributed by atoms with van der Waals surface area (Å²) in [6.07, 6.45) is 7.65. The van der Waals surface area contributed by atoms with Crippen LogP contribution in [0.1, 0.15) is 37.5 Å². The van der Waals surface area contributed by atoms with E-state index in [9.17, 15) is 4.79 Å². The third-order valence-corrected chi connectivity index (χ3v) is 4.86. The van der Waals surface area contributed by atoms with Crippen molar-refractivity contribution in [1.29, 1.82) is 0 Å². The van der Waals surface area contributed by atoms with E-state index in [1.165, 1.54) is 0 Å². The Labute approximate surface area is 146 Å². The summed E-state index contributed by atoms with van der Waals surface area (Å²) in [4.78, 5) is 19.2. The van der Waals surface area contributed by atoms with Crippen LogP contribution in [0.5, 0.6) is 0 Å². The van der Waals surface area contributed by atoms with Gasteiger partial charge in [-0.2, -0.15) is 0 Å². The lowest BCUT2D eigenvalue weighted by atomic mass is 10.1. The molecule has 6 heteroatoms. The summed E-state index contributed by atoms with van der Waals surface area (Å²) in [6, 6.07) is 9.54. The van der Waals surface area contributed by atoms with E-state index in [2.05, 4.69) is 10.3 Å². The second kappa shape index (κ2) is 6.63. The topological polar surface area (TPSA) is 63.3 Å². The highest BCUT2D eigenvalue weighted by molar-refractivity contribution is 5.92. The minimum Gasteiger partial charge on any atom is -0.467 e. The fourth-order valence-electron chi connectivity index (χ4n) is 3.53. The van der Waals surface area contributed by atoms with Crippen molar-refractivity contribution in [2.24, 2.45) is 7.05 Å². The molecule has 1 aliphatic heterocycles. The molecule has 25 heavy (non-hydrogen) atoms. The number of hydrogen-bond donors (Lipinski definition) is 1. The van der Waals surface area contributed by atoms with Crippen LogP contribution in [-0.2, 0) is 7.05 Å². The number of anilines is 1. The van der Waals surface area contributed by atoms with Crippen molar-refractivity contribution in [2.75, 3.05) is 11.9 Å². The molecule has 1 unspecified atom stereocenters. The predicted molar refractivity (Wildman–Crippen MR) is 96.4 cm³/mol. The molecule has 1 fully saturated rings. The molecular formula is C19H22N4O2. The number of nitrogens with one attached hydrogen (secondary N) is 1. The minimum atomic E-state index is -0.0789. The molecule has 6 nitrogen and oxygen atoms in total. The number of rotatable bonds is 2. The molecule has 2 amide bonds. The van der Waals surface area contributed by atoms with Crippen LogP contribution in [0, 0.1) is 0 Å². The fourth-order valence-corrected chi connectivity index (χ4v) is 3.53. The summed E-state index contributed by atoms with van der Waals surface area (Å²) >= 11 is 0. The average molecular weight is 338 g/mol. The van der Waals surface area contributed by atoms with E-state index in [4.69, 9.17) is 4.42 Å². The van der Waals surface area contributed by atoms with Gasteiger partial charge in [0.25, 0.3) is 0 Å². The van der Waals surface area contributed by atoms with Crippen LogP contribution >= 0.6 is 0 Å². The lowest BCUT2D eigenvalue weighted by molar-refractivity contribution is 0.179. The first-order valence-corrected chi connectivity index (χ1v) is 8.74. The molecule has 4 rings (SSSR count). The lowest BCUT2D eigenvalue weighted by Gasteiger charge is -2.28. The number of carbonyl (C=O) groups excluding carboxylic acids is 1. The molecule has 130 valence electrons. The van der Waals surface area contributed by atoms with Gasteiger partial charge in [0.05, 0.1) is 29.7 Å². The molecule has 1 aliphatic rings. The van der Waals surface area contributed by atoms with Gasteiger partial charge in [0.2, 0.25) is 0 Å². The lowest BCUT2D eigenvalue weighted by Crippen LogP contribution is -2.37. The minimum absolute atomic E-state index is 0.00191. The van der Waals surface area contributed by atoms with E-state index < -0.39 is 0 Å². The van der Waals surface area contributed by atoms with Crippen molar-refractivity contribution in [3.05, 3.63) is 48.7 Å². The monoisotopic (exact) mass is 338 g/mol. The molecule has 1 aromatic carbocycles. The SMILES string of the molecule is Cn1cnc2ccc(NC(=O)N3CCCCCC3c3ccco3)cc21. The Bertz CT molecular complexity index is 869. The number of carbonyl (C=O) groups is 1. The molecule has 3 aromatic rings. The van der Waals surface area contributed by atoms with Crippen LogP contribution in [0.3, 0.4) is 0 Å². The summed E-state index contributed by atoms with van der Waals surface area (Å²) in [5.41, 5.74) is 2.70. The van der Waals surface area contributed by atoms with Gasteiger partial charge in [0.15, 0.2) is 0 Å². The first-order chi connectivity index (χ1) is 12.2. The van der Waals surface area contributed by atoms with Crippen LogP contribution < -0.4 is 5.32 Å². The number of nitrogens with zero attached hydrogens (tertiary/aromatic N) is 3. The Hall–Kier alpha value is -2.76. The zero-order chi connectivity index (χ0) is 17.2. The molecule has 0 spiro atoms. The van der Waals surface area contributed by atoms with Gasteiger partial charge < -0.3 is 19.2 Å². The van der Waals surface area contributed by atoms with Crippen molar-refractivity contribution < 1.29 is 9.21 Å². The van der Waals surface area contributed by atoms with E-state index in [1.54, 1.807) is 12.6 Å². The summed E-state index contributed by atoms with van der Waals surface area (Å²) in [6.45, 7) is 0.741. The van der Waals surface area contributed by atoms with Gasteiger partial charge in [-0.25, -0.2) is 9.78 Å². The van der Waals surface area contributed by atoms with Gasteiger partial charge in [-0.3, -0.25) is 0 Å². The van der Waals surface area contributed by atoms with Gasteiger partial charge in [0.1, 0.15) is 5.76 Å². The number of hydrogen-bond acceptors (Lipinski definition) is 3. The normalized spacial score (nSPS) is 18.3. The maximum absolute atomic E-state index is 12.9. The average Bonchev–Trinajstić information content (AvgIpc) is 3.19. The molecule has 3 heterocycles. The maximum atomic E-state index is 12.9. The number of aromatic nitrogens is 2. The molecule has 0 bridgehead atoms. The number of likely N-dealkylation sites (tertiary alicyclic amines) is 1. The second-order valence-corrected chi connectivity index (χ2v) is 6.56. The van der Waals surface area contributed by atoms with E-state index in [1.807, 2.05) is 46.8 Å². The first-order valence-electron chi connectivity index (χ1n) is 8.74. The highest BCUT2D eigenvalue weighted by atomic mass is 16.3. The number of urea groups is 1. The molecule has 0 radical (unpaired) electrons. The van der Waals surface area contributed by atoms with Crippen LogP contribution in [0.15, 0.2) is 47.3 Å². The molecule has 2 aromatic heterocycles. The summed E-state index contributed by atoms with van der Waals surface area (Å²) in [5, 5.41) is 3.04. The van der Waals surface area contributed by atoms with Crippen LogP contribution in [0.2, 0.25) is 0 Å². The van der Waals surface area contributed by atoms with Crippen molar-refractivity contribution in [3.63, 3.8) is 0 Å². The Balaban J connectivity index is 1.57. The molecule has 0 aliphatic carbocycles. The van der Waals surface area contributed by atoms with Crippen LogP contribution in [0.4, 0.5) is 10.5 Å². The summed E-state index contributed by atoms with van der Waals surface area (Å²) in [7, 11) is 1.95. The number of imidazole rings is 1. The van der Waals surface area contributed by atoms with Gasteiger partial charge in [-0.15, -0.1) is 0 Å². The maximum Gasteiger partial charge on any atom is 0.322 e. The standard InChI is InChI=1S/C19H22N4O2/c1-22-13-20-15-9-8-14(12-17(15)22)21-19(24)23-10-4-2-3-6-16(23)18-7-5-11-25-18/h5,7-9,11-13,16H,2-4,6,10H2,1H3,(H,21,24). The van der Waals surface area contributed by atoms with E-state index >= 15 is 0 Å². The molecular weight excluding hydrogens is 316 g/mol.